The minimum Gasteiger partial charge on any atom is -0.356 e. The molecule has 1 aliphatic rings. The van der Waals surface area contributed by atoms with Gasteiger partial charge in [-0.25, -0.2) is 8.42 Å². The van der Waals surface area contributed by atoms with Crippen molar-refractivity contribution in [3.8, 4) is 0 Å². The van der Waals surface area contributed by atoms with E-state index in [1.807, 2.05) is 12.1 Å². The number of benzene rings is 2. The molecule has 0 spiro atoms. The maximum absolute atomic E-state index is 11.5. The van der Waals surface area contributed by atoms with Crippen LogP contribution in [0.3, 0.4) is 0 Å². The molecule has 5 nitrogen and oxygen atoms in total. The van der Waals surface area contributed by atoms with Crippen molar-refractivity contribution in [3.05, 3.63) is 65.7 Å². The van der Waals surface area contributed by atoms with Crippen LogP contribution in [0.2, 0.25) is 0 Å². The normalized spacial score (nSPS) is 20.3. The highest BCUT2D eigenvalue weighted by Crippen LogP contribution is 2.32. The Balaban J connectivity index is 1.42. The van der Waals surface area contributed by atoms with Crippen LogP contribution < -0.4 is 10.6 Å². The fourth-order valence-electron chi connectivity index (χ4n) is 3.91. The Morgan fingerprint density at radius 2 is 1.66 bits per heavy atom. The van der Waals surface area contributed by atoms with Crippen molar-refractivity contribution >= 4 is 15.8 Å². The Labute approximate surface area is 174 Å². The van der Waals surface area contributed by atoms with Gasteiger partial charge in [-0.2, -0.15) is 0 Å². The first-order valence-electron chi connectivity index (χ1n) is 10.3. The van der Waals surface area contributed by atoms with Gasteiger partial charge in [-0.1, -0.05) is 42.5 Å². The summed E-state index contributed by atoms with van der Waals surface area (Å²) < 4.78 is 23.1. The zero-order valence-electron chi connectivity index (χ0n) is 17.3. The average Bonchev–Trinajstić information content (AvgIpc) is 2.74. The van der Waals surface area contributed by atoms with Gasteiger partial charge >= 0.3 is 0 Å². The molecule has 156 valence electrons. The summed E-state index contributed by atoms with van der Waals surface area (Å²) in [7, 11) is -1.34. The van der Waals surface area contributed by atoms with E-state index >= 15 is 0 Å². The minimum atomic E-state index is -3.14. The monoisotopic (exact) mass is 413 g/mol. The van der Waals surface area contributed by atoms with Gasteiger partial charge in [0.25, 0.3) is 0 Å². The van der Waals surface area contributed by atoms with Gasteiger partial charge in [0.15, 0.2) is 15.8 Å². The van der Waals surface area contributed by atoms with Crippen molar-refractivity contribution in [2.45, 2.75) is 49.0 Å². The van der Waals surface area contributed by atoms with Crippen molar-refractivity contribution in [2.24, 2.45) is 4.99 Å². The Kier molecular flexibility index (Phi) is 7.31. The summed E-state index contributed by atoms with van der Waals surface area (Å²) in [6.07, 6.45) is 6.73. The molecule has 0 saturated heterocycles. The topological polar surface area (TPSA) is 70.6 Å². The Morgan fingerprint density at radius 1 is 1.00 bits per heavy atom. The van der Waals surface area contributed by atoms with Crippen LogP contribution in [0.5, 0.6) is 0 Å². The zero-order chi connectivity index (χ0) is 20.7. The van der Waals surface area contributed by atoms with E-state index in [4.69, 9.17) is 0 Å². The summed E-state index contributed by atoms with van der Waals surface area (Å²) >= 11 is 0. The molecule has 0 radical (unpaired) electrons. The smallest absolute Gasteiger partial charge is 0.191 e. The van der Waals surface area contributed by atoms with Crippen LogP contribution in [0.25, 0.3) is 0 Å². The van der Waals surface area contributed by atoms with E-state index in [1.54, 1.807) is 19.2 Å². The van der Waals surface area contributed by atoms with E-state index < -0.39 is 9.84 Å². The number of rotatable bonds is 6. The summed E-state index contributed by atoms with van der Waals surface area (Å²) in [4.78, 5) is 4.71. The van der Waals surface area contributed by atoms with Gasteiger partial charge in [-0.05, 0) is 61.3 Å². The summed E-state index contributed by atoms with van der Waals surface area (Å²) in [6, 6.07) is 18.3. The quantitative estimate of drug-likeness (QED) is 0.561. The standard InChI is InChI=1S/C23H31N3O2S/c1-24-23(25-17-16-18-8-14-22(15-9-18)29(2,27)28)26-21-12-10-20(11-13-21)19-6-4-3-5-7-19/h3-9,14-15,20-21H,10-13,16-17H2,1-2H3,(H2,24,25,26). The van der Waals surface area contributed by atoms with Crippen LogP contribution in [-0.4, -0.2) is 40.3 Å². The molecule has 0 aliphatic heterocycles. The van der Waals surface area contributed by atoms with Gasteiger partial charge in [-0.15, -0.1) is 0 Å². The van der Waals surface area contributed by atoms with E-state index in [2.05, 4.69) is 46.0 Å². The second-order valence-electron chi connectivity index (χ2n) is 7.77. The van der Waals surface area contributed by atoms with Crippen LogP contribution in [0.15, 0.2) is 64.5 Å². The first-order chi connectivity index (χ1) is 14.0. The van der Waals surface area contributed by atoms with Gasteiger partial charge in [-0.3, -0.25) is 4.99 Å². The Bertz CT molecular complexity index is 901. The third kappa shape index (κ3) is 6.32. The number of nitrogens with zero attached hydrogens (tertiary/aromatic N) is 1. The van der Waals surface area contributed by atoms with E-state index in [9.17, 15) is 8.42 Å². The molecule has 0 atom stereocenters. The van der Waals surface area contributed by atoms with Gasteiger partial charge in [0.1, 0.15) is 0 Å². The molecule has 2 aromatic carbocycles. The molecule has 6 heteroatoms. The second kappa shape index (κ2) is 9.92. The molecule has 0 aromatic heterocycles. The number of hydrogen-bond donors (Lipinski definition) is 2. The SMILES string of the molecule is CN=C(NCCc1ccc(S(C)(=O)=O)cc1)NC1CCC(c2ccccc2)CC1. The van der Waals surface area contributed by atoms with Crippen molar-refractivity contribution in [1.82, 2.24) is 10.6 Å². The van der Waals surface area contributed by atoms with Crippen molar-refractivity contribution in [3.63, 3.8) is 0 Å². The molecule has 2 aromatic rings. The zero-order valence-corrected chi connectivity index (χ0v) is 18.1. The minimum absolute atomic E-state index is 0.359. The Hall–Kier alpha value is -2.34. The molecule has 0 bridgehead atoms. The van der Waals surface area contributed by atoms with Gasteiger partial charge in [0.05, 0.1) is 4.90 Å². The van der Waals surface area contributed by atoms with Gasteiger partial charge in [0, 0.05) is 25.9 Å². The summed E-state index contributed by atoms with van der Waals surface area (Å²) in [5.74, 6) is 1.50. The van der Waals surface area contributed by atoms with Crippen LogP contribution in [0.1, 0.15) is 42.7 Å². The van der Waals surface area contributed by atoms with Gasteiger partial charge < -0.3 is 10.6 Å². The highest BCUT2D eigenvalue weighted by Gasteiger charge is 2.22. The third-order valence-corrected chi connectivity index (χ3v) is 6.75. The summed E-state index contributed by atoms with van der Waals surface area (Å²) in [5.41, 5.74) is 2.55. The fourth-order valence-corrected chi connectivity index (χ4v) is 4.54. The first kappa shape index (κ1) is 21.4. The predicted molar refractivity (Wildman–Crippen MR) is 119 cm³/mol. The molecule has 3 rings (SSSR count). The highest BCUT2D eigenvalue weighted by molar-refractivity contribution is 7.90. The van der Waals surface area contributed by atoms with Gasteiger partial charge in [0.2, 0.25) is 0 Å². The van der Waals surface area contributed by atoms with E-state index in [0.717, 1.165) is 37.3 Å². The lowest BCUT2D eigenvalue weighted by Crippen LogP contribution is -2.45. The molecule has 0 unspecified atom stereocenters. The number of aliphatic imine (C=N–C) groups is 1. The molecular formula is C23H31N3O2S. The first-order valence-corrected chi connectivity index (χ1v) is 12.2. The van der Waals surface area contributed by atoms with Crippen LogP contribution in [-0.2, 0) is 16.3 Å². The summed E-state index contributed by atoms with van der Waals surface area (Å²) in [5, 5.41) is 6.93. The number of nitrogens with one attached hydrogen (secondary N) is 2. The number of guanidine groups is 1. The fraction of sp³-hybridized carbons (Fsp3) is 0.435. The highest BCUT2D eigenvalue weighted by atomic mass is 32.2. The molecule has 2 N–H and O–H groups in total. The maximum atomic E-state index is 11.5. The maximum Gasteiger partial charge on any atom is 0.191 e. The Morgan fingerprint density at radius 3 is 2.24 bits per heavy atom. The van der Waals surface area contributed by atoms with Crippen LogP contribution in [0, 0.1) is 0 Å². The number of sulfone groups is 1. The average molecular weight is 414 g/mol. The molecule has 1 aliphatic carbocycles. The van der Waals surface area contributed by atoms with Crippen molar-refractivity contribution in [1.29, 1.82) is 0 Å². The van der Waals surface area contributed by atoms with E-state index in [-0.39, 0.29) is 0 Å². The van der Waals surface area contributed by atoms with Crippen LogP contribution >= 0.6 is 0 Å². The lowest BCUT2D eigenvalue weighted by molar-refractivity contribution is 0.371. The molecule has 0 heterocycles. The van der Waals surface area contributed by atoms with E-state index in [0.29, 0.717) is 16.9 Å². The lowest BCUT2D eigenvalue weighted by atomic mass is 9.82. The molecule has 1 saturated carbocycles. The molecular weight excluding hydrogens is 382 g/mol. The number of hydrogen-bond acceptors (Lipinski definition) is 3. The largest absolute Gasteiger partial charge is 0.356 e. The lowest BCUT2D eigenvalue weighted by Gasteiger charge is -2.30. The molecule has 29 heavy (non-hydrogen) atoms. The predicted octanol–water partition coefficient (Wildman–Crippen LogP) is 3.52. The van der Waals surface area contributed by atoms with E-state index in [1.165, 1.54) is 24.7 Å². The van der Waals surface area contributed by atoms with Crippen molar-refractivity contribution < 1.29 is 8.42 Å². The second-order valence-corrected chi connectivity index (χ2v) is 9.78. The van der Waals surface area contributed by atoms with Crippen molar-refractivity contribution in [2.75, 3.05) is 19.8 Å². The van der Waals surface area contributed by atoms with Crippen LogP contribution in [0.4, 0.5) is 0 Å². The third-order valence-electron chi connectivity index (χ3n) is 5.62. The summed E-state index contributed by atoms with van der Waals surface area (Å²) in [6.45, 7) is 0.747. The molecule has 1 fully saturated rings. The molecule has 0 amide bonds.